The monoisotopic (exact) mass is 230 g/mol. The lowest BCUT2D eigenvalue weighted by molar-refractivity contribution is 0.685. The standard InChI is InChI=1S/C11H10N4S/c1-15-11(13-8-14-15)16-7-10-4-2-3-9(5-10)6-12/h2-5,8H,7H2,1H3. The van der Waals surface area contributed by atoms with Gasteiger partial charge in [0.25, 0.3) is 0 Å². The minimum Gasteiger partial charge on any atom is -0.244 e. The molecule has 16 heavy (non-hydrogen) atoms. The second-order valence-corrected chi connectivity index (χ2v) is 4.21. The first kappa shape index (κ1) is 10.7. The van der Waals surface area contributed by atoms with Gasteiger partial charge in [-0.2, -0.15) is 10.4 Å². The summed E-state index contributed by atoms with van der Waals surface area (Å²) in [6.45, 7) is 0. The summed E-state index contributed by atoms with van der Waals surface area (Å²) in [5.74, 6) is 0.794. The summed E-state index contributed by atoms with van der Waals surface area (Å²) in [7, 11) is 1.86. The number of hydrogen-bond acceptors (Lipinski definition) is 4. The Morgan fingerprint density at radius 2 is 2.38 bits per heavy atom. The summed E-state index contributed by atoms with van der Waals surface area (Å²) in [4.78, 5) is 4.12. The molecule has 0 aliphatic rings. The predicted molar refractivity (Wildman–Crippen MR) is 61.7 cm³/mol. The Morgan fingerprint density at radius 3 is 3.06 bits per heavy atom. The minimum absolute atomic E-state index is 0.691. The second kappa shape index (κ2) is 4.81. The molecule has 80 valence electrons. The van der Waals surface area contributed by atoms with Gasteiger partial charge >= 0.3 is 0 Å². The van der Waals surface area contributed by atoms with E-state index in [1.807, 2.05) is 25.2 Å². The van der Waals surface area contributed by atoms with Gasteiger partial charge in [-0.05, 0) is 17.7 Å². The number of nitrogens with zero attached hydrogens (tertiary/aromatic N) is 4. The topological polar surface area (TPSA) is 54.5 Å². The Balaban J connectivity index is 2.05. The highest BCUT2D eigenvalue weighted by molar-refractivity contribution is 7.98. The molecule has 2 rings (SSSR count). The third-order valence-corrected chi connectivity index (χ3v) is 3.20. The molecule has 0 unspecified atom stereocenters. The van der Waals surface area contributed by atoms with Crippen LogP contribution in [0, 0.1) is 11.3 Å². The average Bonchev–Trinajstić information content (AvgIpc) is 2.72. The summed E-state index contributed by atoms with van der Waals surface area (Å²) in [5, 5.41) is 13.6. The number of aromatic nitrogens is 3. The lowest BCUT2D eigenvalue weighted by Crippen LogP contribution is -1.93. The maximum absolute atomic E-state index is 8.78. The SMILES string of the molecule is Cn1ncnc1SCc1cccc(C#N)c1. The van der Waals surface area contributed by atoms with Crippen LogP contribution in [0.25, 0.3) is 0 Å². The number of aryl methyl sites for hydroxylation is 1. The van der Waals surface area contributed by atoms with Crippen molar-refractivity contribution in [2.75, 3.05) is 0 Å². The van der Waals surface area contributed by atoms with E-state index in [-0.39, 0.29) is 0 Å². The molecule has 0 saturated carbocycles. The number of nitriles is 1. The van der Waals surface area contributed by atoms with E-state index < -0.39 is 0 Å². The van der Waals surface area contributed by atoms with Crippen LogP contribution in [0.2, 0.25) is 0 Å². The van der Waals surface area contributed by atoms with Gasteiger partial charge < -0.3 is 0 Å². The lowest BCUT2D eigenvalue weighted by atomic mass is 10.2. The third-order valence-electron chi connectivity index (χ3n) is 2.09. The largest absolute Gasteiger partial charge is 0.244 e. The number of thioether (sulfide) groups is 1. The molecule has 0 atom stereocenters. The third kappa shape index (κ3) is 2.41. The number of benzene rings is 1. The van der Waals surface area contributed by atoms with Gasteiger partial charge in [0.1, 0.15) is 6.33 Å². The van der Waals surface area contributed by atoms with Gasteiger partial charge in [-0.1, -0.05) is 23.9 Å². The Kier molecular flexibility index (Phi) is 3.22. The van der Waals surface area contributed by atoms with Crippen LogP contribution in [0.15, 0.2) is 35.7 Å². The first-order chi connectivity index (χ1) is 7.79. The van der Waals surface area contributed by atoms with Crippen LogP contribution >= 0.6 is 11.8 Å². The molecule has 0 radical (unpaired) electrons. The molecule has 0 amide bonds. The van der Waals surface area contributed by atoms with E-state index in [1.54, 1.807) is 22.5 Å². The molecule has 0 saturated heterocycles. The summed E-state index contributed by atoms with van der Waals surface area (Å²) in [6.07, 6.45) is 1.54. The summed E-state index contributed by atoms with van der Waals surface area (Å²) in [6, 6.07) is 9.72. The van der Waals surface area contributed by atoms with Gasteiger partial charge in [0.2, 0.25) is 0 Å². The molecule has 2 aromatic rings. The molecule has 0 fully saturated rings. The van der Waals surface area contributed by atoms with Crippen LogP contribution in [0.4, 0.5) is 0 Å². The van der Waals surface area contributed by atoms with Gasteiger partial charge in [0, 0.05) is 12.8 Å². The van der Waals surface area contributed by atoms with E-state index in [9.17, 15) is 0 Å². The molecular formula is C11H10N4S. The average molecular weight is 230 g/mol. The maximum Gasteiger partial charge on any atom is 0.186 e. The van der Waals surface area contributed by atoms with Crippen molar-refractivity contribution in [2.24, 2.45) is 7.05 Å². The quantitative estimate of drug-likeness (QED) is 0.756. The van der Waals surface area contributed by atoms with Gasteiger partial charge in [-0.25, -0.2) is 9.67 Å². The van der Waals surface area contributed by atoms with Gasteiger partial charge in [-0.3, -0.25) is 0 Å². The molecule has 1 heterocycles. The van der Waals surface area contributed by atoms with Crippen molar-refractivity contribution in [1.29, 1.82) is 5.26 Å². The Bertz CT molecular complexity index is 527. The van der Waals surface area contributed by atoms with Crippen molar-refractivity contribution >= 4 is 11.8 Å². The zero-order valence-corrected chi connectivity index (χ0v) is 9.61. The van der Waals surface area contributed by atoms with Crippen LogP contribution in [-0.4, -0.2) is 14.8 Å². The maximum atomic E-state index is 8.78. The fraction of sp³-hybridized carbons (Fsp3) is 0.182. The molecule has 0 spiro atoms. The minimum atomic E-state index is 0.691. The van der Waals surface area contributed by atoms with E-state index in [4.69, 9.17) is 5.26 Å². The predicted octanol–water partition coefficient (Wildman–Crippen LogP) is 1.98. The Morgan fingerprint density at radius 1 is 1.50 bits per heavy atom. The molecule has 0 bridgehead atoms. The van der Waals surface area contributed by atoms with Crippen molar-refractivity contribution in [3.05, 3.63) is 41.7 Å². The lowest BCUT2D eigenvalue weighted by Gasteiger charge is -2.01. The molecule has 0 aliphatic carbocycles. The van der Waals surface area contributed by atoms with E-state index in [0.717, 1.165) is 16.5 Å². The summed E-state index contributed by atoms with van der Waals surface area (Å²) < 4.78 is 1.73. The number of rotatable bonds is 3. The highest BCUT2D eigenvalue weighted by Crippen LogP contribution is 2.19. The summed E-state index contributed by atoms with van der Waals surface area (Å²) >= 11 is 1.61. The van der Waals surface area contributed by atoms with Gasteiger partial charge in [0.15, 0.2) is 5.16 Å². The molecular weight excluding hydrogens is 220 g/mol. The van der Waals surface area contributed by atoms with Gasteiger partial charge in [0.05, 0.1) is 11.6 Å². The molecule has 0 aliphatic heterocycles. The Labute approximate surface area is 97.9 Å². The van der Waals surface area contributed by atoms with Crippen molar-refractivity contribution in [1.82, 2.24) is 14.8 Å². The van der Waals surface area contributed by atoms with Crippen molar-refractivity contribution in [2.45, 2.75) is 10.9 Å². The van der Waals surface area contributed by atoms with Crippen LogP contribution in [-0.2, 0) is 12.8 Å². The van der Waals surface area contributed by atoms with Gasteiger partial charge in [-0.15, -0.1) is 0 Å². The van der Waals surface area contributed by atoms with Crippen LogP contribution in [0.3, 0.4) is 0 Å². The Hall–Kier alpha value is -1.80. The van der Waals surface area contributed by atoms with Crippen molar-refractivity contribution in [3.8, 4) is 6.07 Å². The fourth-order valence-electron chi connectivity index (χ4n) is 1.29. The van der Waals surface area contributed by atoms with E-state index >= 15 is 0 Å². The first-order valence-corrected chi connectivity index (χ1v) is 5.74. The zero-order valence-electron chi connectivity index (χ0n) is 8.79. The molecule has 1 aromatic carbocycles. The van der Waals surface area contributed by atoms with Crippen LogP contribution in [0.5, 0.6) is 0 Å². The molecule has 5 heteroatoms. The highest BCUT2D eigenvalue weighted by atomic mass is 32.2. The highest BCUT2D eigenvalue weighted by Gasteiger charge is 2.02. The molecule has 0 N–H and O–H groups in total. The number of hydrogen-bond donors (Lipinski definition) is 0. The summed E-state index contributed by atoms with van der Waals surface area (Å²) in [5.41, 5.74) is 1.81. The van der Waals surface area contributed by atoms with E-state index in [2.05, 4.69) is 16.2 Å². The van der Waals surface area contributed by atoms with Crippen molar-refractivity contribution in [3.63, 3.8) is 0 Å². The van der Waals surface area contributed by atoms with Crippen molar-refractivity contribution < 1.29 is 0 Å². The first-order valence-electron chi connectivity index (χ1n) is 4.75. The smallest absolute Gasteiger partial charge is 0.186 e. The fourth-order valence-corrected chi connectivity index (χ4v) is 2.13. The van der Waals surface area contributed by atoms with Crippen LogP contribution in [0.1, 0.15) is 11.1 Å². The zero-order chi connectivity index (χ0) is 11.4. The molecule has 1 aromatic heterocycles. The second-order valence-electron chi connectivity index (χ2n) is 3.27. The van der Waals surface area contributed by atoms with E-state index in [0.29, 0.717) is 5.56 Å². The normalized spacial score (nSPS) is 10.0. The van der Waals surface area contributed by atoms with Crippen LogP contribution < -0.4 is 0 Å². The molecule has 4 nitrogen and oxygen atoms in total. The van der Waals surface area contributed by atoms with E-state index in [1.165, 1.54) is 6.33 Å².